The summed E-state index contributed by atoms with van der Waals surface area (Å²) in [4.78, 5) is 0. The predicted molar refractivity (Wildman–Crippen MR) is 264 cm³/mol. The highest BCUT2D eigenvalue weighted by atomic mass is 15.0. The first-order valence-corrected chi connectivity index (χ1v) is 22.4. The van der Waals surface area contributed by atoms with Crippen LogP contribution in [-0.4, -0.2) is 9.13 Å². The fourth-order valence-electron chi connectivity index (χ4n) is 11.6. The van der Waals surface area contributed by atoms with E-state index >= 15 is 0 Å². The number of hydrogen-bond acceptors (Lipinski definition) is 0. The van der Waals surface area contributed by atoms with E-state index in [-0.39, 0.29) is 5.92 Å². The predicted octanol–water partition coefficient (Wildman–Crippen LogP) is 15.6. The van der Waals surface area contributed by atoms with E-state index in [0.29, 0.717) is 6.04 Å². The lowest BCUT2D eigenvalue weighted by molar-refractivity contribution is 0.648. The van der Waals surface area contributed by atoms with Crippen LogP contribution < -0.4 is 0 Å². The van der Waals surface area contributed by atoms with Crippen molar-refractivity contribution in [1.82, 2.24) is 9.13 Å². The smallest absolute Gasteiger partial charge is 0.0716 e. The van der Waals surface area contributed by atoms with Crippen LogP contribution in [0.5, 0.6) is 0 Å². The van der Waals surface area contributed by atoms with Gasteiger partial charge < -0.3 is 9.13 Å². The Hall–Kier alpha value is -7.68. The number of fused-ring (bicyclic) bond motifs is 9. The van der Waals surface area contributed by atoms with Crippen molar-refractivity contribution in [3.05, 3.63) is 258 Å². The molecule has 2 heteroatoms. The largest absolute Gasteiger partial charge is 0.333 e. The summed E-state index contributed by atoms with van der Waals surface area (Å²) in [6.45, 7) is 0. The van der Waals surface area contributed by atoms with Crippen LogP contribution in [0.4, 0.5) is 0 Å². The van der Waals surface area contributed by atoms with Gasteiger partial charge in [-0.05, 0) is 105 Å². The van der Waals surface area contributed by atoms with Crippen molar-refractivity contribution in [3.63, 3.8) is 0 Å². The molecule has 0 fully saturated rings. The molecule has 2 heterocycles. The van der Waals surface area contributed by atoms with Gasteiger partial charge in [0.2, 0.25) is 0 Å². The summed E-state index contributed by atoms with van der Waals surface area (Å²) in [5.41, 5.74) is 17.7. The van der Waals surface area contributed by atoms with Crippen LogP contribution in [0.2, 0.25) is 0 Å². The van der Waals surface area contributed by atoms with Crippen LogP contribution in [-0.2, 0) is 5.41 Å². The monoisotopic (exact) mass is 804 g/mol. The van der Waals surface area contributed by atoms with E-state index in [2.05, 4.69) is 240 Å². The third-order valence-electron chi connectivity index (χ3n) is 14.2. The molecule has 2 aromatic heterocycles. The first kappa shape index (κ1) is 36.0. The molecule has 0 amide bonds. The van der Waals surface area contributed by atoms with Crippen LogP contribution in [0, 0.1) is 0 Å². The minimum Gasteiger partial charge on any atom is -0.333 e. The number of aromatic nitrogens is 2. The molecular weight excluding hydrogens is 761 g/mol. The number of hydrogen-bond donors (Lipinski definition) is 0. The minimum absolute atomic E-state index is 0.218. The van der Waals surface area contributed by atoms with Crippen LogP contribution in [0.1, 0.15) is 52.6 Å². The molecule has 0 spiro atoms. The molecule has 0 bridgehead atoms. The zero-order valence-corrected chi connectivity index (χ0v) is 34.9. The van der Waals surface area contributed by atoms with E-state index in [1.165, 1.54) is 99.4 Å². The second kappa shape index (κ2) is 14.2. The molecule has 3 aliphatic carbocycles. The minimum atomic E-state index is -0.431. The van der Waals surface area contributed by atoms with Crippen LogP contribution in [0.3, 0.4) is 0 Å². The molecule has 298 valence electrons. The maximum absolute atomic E-state index is 2.52. The van der Waals surface area contributed by atoms with E-state index < -0.39 is 5.41 Å². The summed E-state index contributed by atoms with van der Waals surface area (Å²) < 4.78 is 5.00. The fourth-order valence-corrected chi connectivity index (χ4v) is 11.6. The Morgan fingerprint density at radius 3 is 1.78 bits per heavy atom. The topological polar surface area (TPSA) is 9.86 Å². The van der Waals surface area contributed by atoms with Crippen molar-refractivity contribution in [3.8, 4) is 22.3 Å². The molecule has 2 unspecified atom stereocenters. The van der Waals surface area contributed by atoms with Crippen molar-refractivity contribution >= 4 is 49.3 Å². The average molecular weight is 805 g/mol. The SMILES string of the molecule is C1=CCC(n2c3ccccc3c3cc(-c4ccc5c(c4)c4ccccc4n5C4=CCC(c5cccc6c5C(c5ccccc5)(c5ccccc5)c5ccccc5-6)C=C4)ccc32)C=C1. The van der Waals surface area contributed by atoms with Crippen LogP contribution >= 0.6 is 0 Å². The molecule has 2 atom stereocenters. The number of allylic oxidation sites excluding steroid dienone is 8. The van der Waals surface area contributed by atoms with Gasteiger partial charge in [-0.25, -0.2) is 0 Å². The van der Waals surface area contributed by atoms with E-state index in [9.17, 15) is 0 Å². The van der Waals surface area contributed by atoms with Gasteiger partial charge in [-0.1, -0.05) is 188 Å². The zero-order chi connectivity index (χ0) is 41.5. The third-order valence-corrected chi connectivity index (χ3v) is 14.2. The Kier molecular flexibility index (Phi) is 8.11. The first-order valence-electron chi connectivity index (χ1n) is 22.4. The second-order valence-electron chi connectivity index (χ2n) is 17.4. The third kappa shape index (κ3) is 5.31. The van der Waals surface area contributed by atoms with Crippen molar-refractivity contribution < 1.29 is 0 Å². The van der Waals surface area contributed by atoms with Gasteiger partial charge in [0.25, 0.3) is 0 Å². The van der Waals surface area contributed by atoms with Crippen LogP contribution in [0.25, 0.3) is 71.6 Å². The standard InChI is InChI=1S/C61H44N2/c1-4-17-44(18-5-1)61(45-19-6-2-7-20-45)55-28-13-10-23-49(55)52-27-16-26-48(60(52)61)41-31-35-47(36-32-41)63-57-30-15-12-25-51(57)54-40-43(34-38-59(54)63)42-33-37-58-53(39-42)50-24-11-14-29-56(50)62(58)46-21-8-3-9-22-46/h1-21,23-31,33-41,46H,22,32H2. The van der Waals surface area contributed by atoms with Crippen molar-refractivity contribution in [2.75, 3.05) is 0 Å². The summed E-state index contributed by atoms with van der Waals surface area (Å²) >= 11 is 0. The lowest BCUT2D eigenvalue weighted by Gasteiger charge is -2.36. The van der Waals surface area contributed by atoms with Gasteiger partial charge in [0.15, 0.2) is 0 Å². The van der Waals surface area contributed by atoms with Gasteiger partial charge in [0.1, 0.15) is 0 Å². The molecule has 2 nitrogen and oxygen atoms in total. The van der Waals surface area contributed by atoms with E-state index in [4.69, 9.17) is 0 Å². The fraction of sp³-hybridized carbons (Fsp3) is 0.0820. The molecular formula is C61H44N2. The quantitative estimate of drug-likeness (QED) is 0.158. The average Bonchev–Trinajstić information content (AvgIpc) is 3.99. The Bertz CT molecular complexity index is 3530. The maximum Gasteiger partial charge on any atom is 0.0716 e. The maximum atomic E-state index is 2.52. The van der Waals surface area contributed by atoms with Gasteiger partial charge >= 0.3 is 0 Å². The van der Waals surface area contributed by atoms with E-state index in [0.717, 1.165) is 12.8 Å². The molecule has 3 aliphatic rings. The molecule has 0 N–H and O–H groups in total. The van der Waals surface area contributed by atoms with Crippen molar-refractivity contribution in [2.24, 2.45) is 0 Å². The summed E-state index contributed by atoms with van der Waals surface area (Å²) in [5.74, 6) is 0.218. The summed E-state index contributed by atoms with van der Waals surface area (Å²) in [7, 11) is 0. The Balaban J connectivity index is 0.906. The lowest BCUT2D eigenvalue weighted by Crippen LogP contribution is -2.30. The molecule has 8 aromatic carbocycles. The molecule has 0 aliphatic heterocycles. The van der Waals surface area contributed by atoms with Gasteiger partial charge in [0.05, 0.1) is 22.5 Å². The Labute approximate surface area is 367 Å². The summed E-state index contributed by atoms with van der Waals surface area (Å²) in [5, 5.41) is 5.16. The Morgan fingerprint density at radius 1 is 0.460 bits per heavy atom. The number of para-hydroxylation sites is 2. The normalized spacial score (nSPS) is 17.4. The van der Waals surface area contributed by atoms with Crippen molar-refractivity contribution in [2.45, 2.75) is 30.2 Å². The molecule has 0 saturated heterocycles. The van der Waals surface area contributed by atoms with Crippen molar-refractivity contribution in [1.29, 1.82) is 0 Å². The highest BCUT2D eigenvalue weighted by Crippen LogP contribution is 2.58. The van der Waals surface area contributed by atoms with Gasteiger partial charge in [-0.2, -0.15) is 0 Å². The highest BCUT2D eigenvalue weighted by molar-refractivity contribution is 6.13. The van der Waals surface area contributed by atoms with E-state index in [1.54, 1.807) is 0 Å². The lowest BCUT2D eigenvalue weighted by atomic mass is 9.65. The van der Waals surface area contributed by atoms with E-state index in [1.807, 2.05) is 0 Å². The molecule has 0 saturated carbocycles. The van der Waals surface area contributed by atoms with Crippen LogP contribution in [0.15, 0.2) is 231 Å². The van der Waals surface area contributed by atoms with Gasteiger partial charge in [-0.15, -0.1) is 0 Å². The number of rotatable bonds is 6. The second-order valence-corrected chi connectivity index (χ2v) is 17.4. The highest BCUT2D eigenvalue weighted by Gasteiger charge is 2.47. The summed E-state index contributed by atoms with van der Waals surface area (Å²) in [6, 6.07) is 70.7. The first-order chi connectivity index (χ1) is 31.3. The Morgan fingerprint density at radius 2 is 1.06 bits per heavy atom. The zero-order valence-electron chi connectivity index (χ0n) is 34.9. The molecule has 10 aromatic rings. The van der Waals surface area contributed by atoms with Gasteiger partial charge in [0, 0.05) is 44.2 Å². The molecule has 63 heavy (non-hydrogen) atoms. The number of benzene rings is 8. The number of nitrogens with zero attached hydrogens (tertiary/aromatic N) is 2. The van der Waals surface area contributed by atoms with Gasteiger partial charge in [-0.3, -0.25) is 0 Å². The molecule has 0 radical (unpaired) electrons. The summed E-state index contributed by atoms with van der Waals surface area (Å²) in [6.07, 6.45) is 18.2. The molecule has 13 rings (SSSR count).